The molecule has 1 aromatic rings. The number of carbonyl (C=O) groups excluding carboxylic acids is 1. The molecule has 0 radical (unpaired) electrons. The number of hydrogen-bond acceptors (Lipinski definition) is 2. The van der Waals surface area contributed by atoms with E-state index in [1.807, 2.05) is 0 Å². The van der Waals surface area contributed by atoms with Crippen LogP contribution in [-0.2, 0) is 4.79 Å². The first-order chi connectivity index (χ1) is 5.74. The van der Waals surface area contributed by atoms with Crippen molar-refractivity contribution in [2.45, 2.75) is 0 Å². The zero-order valence-corrected chi connectivity index (χ0v) is 6.17. The van der Waals surface area contributed by atoms with Crippen LogP contribution in [0.3, 0.4) is 0 Å². The summed E-state index contributed by atoms with van der Waals surface area (Å²) in [7, 11) is 0. The molecule has 0 fully saturated rings. The first-order valence-electron chi connectivity index (χ1n) is 3.24. The third-order valence-corrected chi connectivity index (χ3v) is 1.26. The number of rotatable bonds is 0. The minimum atomic E-state index is -0.510. The van der Waals surface area contributed by atoms with Crippen molar-refractivity contribution in [3.63, 3.8) is 0 Å². The largest absolute Gasteiger partial charge is 0.399 e. The minimum Gasteiger partial charge on any atom is -0.399 e. The molecule has 3 heteroatoms. The Morgan fingerprint density at radius 2 is 2.25 bits per heavy atom. The number of nitrogens with two attached hydrogens (primary N) is 1. The lowest BCUT2D eigenvalue weighted by atomic mass is 10.2. The molecule has 0 saturated heterocycles. The topological polar surface area (TPSA) is 43.1 Å². The van der Waals surface area contributed by atoms with Crippen LogP contribution in [0.2, 0.25) is 0 Å². The van der Waals surface area contributed by atoms with Crippen LogP contribution >= 0.6 is 0 Å². The predicted octanol–water partition coefficient (Wildman–Crippen LogP) is 0.958. The number of anilines is 1. The first-order valence-corrected chi connectivity index (χ1v) is 3.24. The number of carbonyl (C=O) groups is 1. The number of halogens is 1. The van der Waals surface area contributed by atoms with Gasteiger partial charge in [0.1, 0.15) is 5.82 Å². The Kier molecular flexibility index (Phi) is 2.44. The Balaban J connectivity index is 3.09. The lowest BCUT2D eigenvalue weighted by Gasteiger charge is -1.94. The maximum Gasteiger partial charge on any atom is 0.193 e. The molecular weight excluding hydrogens is 157 g/mol. The molecule has 12 heavy (non-hydrogen) atoms. The van der Waals surface area contributed by atoms with Crippen molar-refractivity contribution < 1.29 is 9.18 Å². The zero-order chi connectivity index (χ0) is 8.97. The van der Waals surface area contributed by atoms with Gasteiger partial charge in [0.15, 0.2) is 6.29 Å². The van der Waals surface area contributed by atoms with Gasteiger partial charge in [0.05, 0.1) is 5.56 Å². The molecule has 0 atom stereocenters. The Morgan fingerprint density at radius 3 is 2.83 bits per heavy atom. The van der Waals surface area contributed by atoms with Gasteiger partial charge in [-0.1, -0.05) is 5.92 Å². The van der Waals surface area contributed by atoms with Crippen LogP contribution in [0.15, 0.2) is 18.2 Å². The van der Waals surface area contributed by atoms with Gasteiger partial charge in [0.2, 0.25) is 0 Å². The maximum absolute atomic E-state index is 12.9. The van der Waals surface area contributed by atoms with Gasteiger partial charge in [-0.2, -0.15) is 0 Å². The lowest BCUT2D eigenvalue weighted by Crippen LogP contribution is -1.88. The molecule has 0 aliphatic carbocycles. The van der Waals surface area contributed by atoms with Gasteiger partial charge in [0, 0.05) is 5.69 Å². The summed E-state index contributed by atoms with van der Waals surface area (Å²) in [6.45, 7) is 0. The number of hydrogen-bond donors (Lipinski definition) is 1. The zero-order valence-electron chi connectivity index (χ0n) is 6.17. The van der Waals surface area contributed by atoms with Crippen molar-refractivity contribution in [2.24, 2.45) is 0 Å². The lowest BCUT2D eigenvalue weighted by molar-refractivity contribution is -0.103. The summed E-state index contributed by atoms with van der Waals surface area (Å²) in [5.41, 5.74) is 5.81. The molecule has 0 bridgehead atoms. The normalized spacial score (nSPS) is 8.42. The van der Waals surface area contributed by atoms with E-state index in [2.05, 4.69) is 11.8 Å². The fraction of sp³-hybridized carbons (Fsp3) is 0. The van der Waals surface area contributed by atoms with Crippen LogP contribution in [0.4, 0.5) is 10.1 Å². The Morgan fingerprint density at radius 1 is 1.50 bits per heavy atom. The molecule has 0 saturated carbocycles. The van der Waals surface area contributed by atoms with E-state index < -0.39 is 5.82 Å². The second-order valence-electron chi connectivity index (χ2n) is 2.13. The fourth-order valence-electron chi connectivity index (χ4n) is 0.740. The van der Waals surface area contributed by atoms with E-state index in [9.17, 15) is 9.18 Å². The smallest absolute Gasteiger partial charge is 0.193 e. The Hall–Kier alpha value is -1.82. The summed E-state index contributed by atoms with van der Waals surface area (Å²) < 4.78 is 12.9. The average Bonchev–Trinajstić information content (AvgIpc) is 2.03. The number of aldehydes is 1. The van der Waals surface area contributed by atoms with Crippen LogP contribution < -0.4 is 5.73 Å². The monoisotopic (exact) mass is 163 g/mol. The van der Waals surface area contributed by atoms with E-state index >= 15 is 0 Å². The highest BCUT2D eigenvalue weighted by Crippen LogP contribution is 2.09. The van der Waals surface area contributed by atoms with Crippen molar-refractivity contribution in [1.29, 1.82) is 0 Å². The van der Waals surface area contributed by atoms with Crippen molar-refractivity contribution in [3.05, 3.63) is 29.6 Å². The highest BCUT2D eigenvalue weighted by atomic mass is 19.1. The van der Waals surface area contributed by atoms with E-state index in [1.165, 1.54) is 12.1 Å². The molecule has 0 heterocycles. The third-order valence-electron chi connectivity index (χ3n) is 1.26. The fourth-order valence-corrected chi connectivity index (χ4v) is 0.740. The molecule has 0 aliphatic heterocycles. The predicted molar refractivity (Wildman–Crippen MR) is 43.8 cm³/mol. The average molecular weight is 163 g/mol. The van der Waals surface area contributed by atoms with Gasteiger partial charge in [-0.25, -0.2) is 4.39 Å². The van der Waals surface area contributed by atoms with Crippen LogP contribution in [0.25, 0.3) is 0 Å². The summed E-state index contributed by atoms with van der Waals surface area (Å²) in [5.74, 6) is 3.94. The van der Waals surface area contributed by atoms with E-state index in [4.69, 9.17) is 5.73 Å². The molecule has 0 spiro atoms. The van der Waals surface area contributed by atoms with E-state index in [1.54, 1.807) is 0 Å². The van der Waals surface area contributed by atoms with Crippen molar-refractivity contribution in [1.82, 2.24) is 0 Å². The Bertz CT molecular complexity index is 363. The van der Waals surface area contributed by atoms with Crippen molar-refractivity contribution in [3.8, 4) is 11.8 Å². The second-order valence-corrected chi connectivity index (χ2v) is 2.13. The van der Waals surface area contributed by atoms with Crippen molar-refractivity contribution in [2.75, 3.05) is 5.73 Å². The van der Waals surface area contributed by atoms with Gasteiger partial charge < -0.3 is 5.73 Å². The van der Waals surface area contributed by atoms with Gasteiger partial charge in [-0.15, -0.1) is 0 Å². The third kappa shape index (κ3) is 1.83. The molecule has 0 aliphatic rings. The molecule has 0 aromatic heterocycles. The molecule has 0 amide bonds. The molecular formula is C9H6FNO. The molecule has 0 unspecified atom stereocenters. The van der Waals surface area contributed by atoms with Gasteiger partial charge >= 0.3 is 0 Å². The summed E-state index contributed by atoms with van der Waals surface area (Å²) in [5, 5.41) is 0. The van der Waals surface area contributed by atoms with Crippen LogP contribution in [0.5, 0.6) is 0 Å². The summed E-state index contributed by atoms with van der Waals surface area (Å²) in [6.07, 6.45) is 0.412. The summed E-state index contributed by atoms with van der Waals surface area (Å²) >= 11 is 0. The molecule has 60 valence electrons. The minimum absolute atomic E-state index is 0.177. The standard InChI is InChI=1S/C9H6FNO/c10-9-6-8(11)4-3-7(9)2-1-5-12/h3-6H,11H2. The summed E-state index contributed by atoms with van der Waals surface area (Å²) in [4.78, 5) is 9.84. The Labute approximate surface area is 69.2 Å². The van der Waals surface area contributed by atoms with Crippen LogP contribution in [0.1, 0.15) is 5.56 Å². The van der Waals surface area contributed by atoms with Gasteiger partial charge in [0.25, 0.3) is 0 Å². The molecule has 1 rings (SSSR count). The van der Waals surface area contributed by atoms with Gasteiger partial charge in [-0.3, -0.25) is 4.79 Å². The number of nitrogen functional groups attached to an aromatic ring is 1. The van der Waals surface area contributed by atoms with E-state index in [0.29, 0.717) is 12.0 Å². The number of benzene rings is 1. The SMILES string of the molecule is Nc1ccc(C#CC=O)c(F)c1. The van der Waals surface area contributed by atoms with Crippen LogP contribution in [-0.4, -0.2) is 6.29 Å². The quantitative estimate of drug-likeness (QED) is 0.351. The summed E-state index contributed by atoms with van der Waals surface area (Å²) in [6, 6.07) is 4.12. The highest BCUT2D eigenvalue weighted by molar-refractivity contribution is 5.74. The maximum atomic E-state index is 12.9. The second kappa shape index (κ2) is 3.54. The first kappa shape index (κ1) is 8.28. The van der Waals surface area contributed by atoms with E-state index in [-0.39, 0.29) is 5.56 Å². The molecule has 2 N–H and O–H groups in total. The van der Waals surface area contributed by atoms with Crippen molar-refractivity contribution >= 4 is 12.0 Å². The van der Waals surface area contributed by atoms with E-state index in [0.717, 1.165) is 6.07 Å². The highest BCUT2D eigenvalue weighted by Gasteiger charge is 1.97. The molecule has 1 aromatic carbocycles. The molecule has 2 nitrogen and oxygen atoms in total. The van der Waals surface area contributed by atoms with Crippen LogP contribution in [0, 0.1) is 17.7 Å². The van der Waals surface area contributed by atoms with Gasteiger partial charge in [-0.05, 0) is 24.1 Å².